The van der Waals surface area contributed by atoms with Crippen LogP contribution in [-0.2, 0) is 39.3 Å². The molecule has 3 N–H and O–H groups in total. The van der Waals surface area contributed by atoms with Gasteiger partial charge in [0.15, 0.2) is 11.4 Å². The standard InChI is InChI=1S/C38H48N10O2/c1-43-21-23-47(37(43)41-39-31-25-27-11-7-17-45-19-9-13-29(33(27)45)35(31)49)15-5-3-4-6-16-48-24-22-44(2)38(48)42-40-32-26-28-12-8-18-46-20-10-14-30(34(28)46)36(32)50/h21-26H,3-20H2,1-2H3/p+3. The van der Waals surface area contributed by atoms with Gasteiger partial charge in [-0.25, -0.2) is 9.13 Å². The lowest BCUT2D eigenvalue weighted by Gasteiger charge is -2.37. The molecule has 262 valence electrons. The van der Waals surface area contributed by atoms with Gasteiger partial charge in [-0.3, -0.25) is 0 Å². The number of nitrogens with one attached hydrogen (secondary N) is 1. The van der Waals surface area contributed by atoms with Crippen LogP contribution in [0.15, 0.2) is 57.4 Å². The molecular formula is C38H51N10O2+3. The number of guanidine groups is 1. The monoisotopic (exact) mass is 679 g/mol. The highest BCUT2D eigenvalue weighted by molar-refractivity contribution is 5.75. The predicted octanol–water partition coefficient (Wildman–Crippen LogP) is 5.25. The largest absolute Gasteiger partial charge is 0.524 e. The highest BCUT2D eigenvalue weighted by atomic mass is 16.3. The van der Waals surface area contributed by atoms with Gasteiger partial charge in [0.2, 0.25) is 0 Å². The predicted molar refractivity (Wildman–Crippen MR) is 193 cm³/mol. The van der Waals surface area contributed by atoms with Gasteiger partial charge < -0.3 is 20.0 Å². The maximum Gasteiger partial charge on any atom is 0.524 e. The zero-order valence-electron chi connectivity index (χ0n) is 29.6. The van der Waals surface area contributed by atoms with Crippen molar-refractivity contribution in [2.75, 3.05) is 49.6 Å². The fourth-order valence-corrected chi connectivity index (χ4v) is 8.68. The molecule has 0 saturated heterocycles. The SMILES string of the molecule is C[N+]1=C(N=Nc2cc3c4c(c2O)CCCN4CCC3)[NH+](CCCCCCn2cc[n+](C)c2N=Nc2cc3c4c(c2O)CCCN4CCC3)C=C1. The molecule has 2 aromatic carbocycles. The van der Waals surface area contributed by atoms with Gasteiger partial charge in [-0.15, -0.1) is 0 Å². The molecule has 0 spiro atoms. The van der Waals surface area contributed by atoms with Crippen LogP contribution in [0.1, 0.15) is 73.6 Å². The molecule has 1 unspecified atom stereocenters. The van der Waals surface area contributed by atoms with Gasteiger partial charge in [0.05, 0.1) is 39.6 Å². The Morgan fingerprint density at radius 3 is 1.94 bits per heavy atom. The van der Waals surface area contributed by atoms with Gasteiger partial charge in [-0.1, -0.05) is 11.5 Å². The Morgan fingerprint density at radius 1 is 0.720 bits per heavy atom. The molecule has 0 radical (unpaired) electrons. The zero-order valence-corrected chi connectivity index (χ0v) is 29.6. The topological polar surface area (TPSA) is 113 Å². The Labute approximate surface area is 294 Å². The lowest BCUT2D eigenvalue weighted by Crippen LogP contribution is -3.09. The maximum absolute atomic E-state index is 11.1. The molecule has 50 heavy (non-hydrogen) atoms. The van der Waals surface area contributed by atoms with Crippen LogP contribution < -0.4 is 19.3 Å². The number of unbranched alkanes of at least 4 members (excludes halogenated alkanes) is 3. The summed E-state index contributed by atoms with van der Waals surface area (Å²) in [6, 6.07) is 4.10. The first-order valence-electron chi connectivity index (χ1n) is 18.7. The Hall–Kier alpha value is -4.58. The van der Waals surface area contributed by atoms with Crippen molar-refractivity contribution >= 4 is 34.7 Å². The van der Waals surface area contributed by atoms with Crippen molar-refractivity contribution in [1.82, 2.24) is 4.57 Å². The average Bonchev–Trinajstić information content (AvgIpc) is 3.67. The van der Waals surface area contributed by atoms with Crippen LogP contribution >= 0.6 is 0 Å². The third-order valence-corrected chi connectivity index (χ3v) is 11.2. The lowest BCUT2D eigenvalue weighted by atomic mass is 9.90. The molecule has 1 atom stereocenters. The van der Waals surface area contributed by atoms with Crippen molar-refractivity contribution in [1.29, 1.82) is 0 Å². The van der Waals surface area contributed by atoms with Crippen molar-refractivity contribution < 1.29 is 24.3 Å². The van der Waals surface area contributed by atoms with Gasteiger partial charge in [0, 0.05) is 53.8 Å². The number of nitrogens with zero attached hydrogens (tertiary/aromatic N) is 9. The number of imidazole rings is 1. The first-order chi connectivity index (χ1) is 24.5. The van der Waals surface area contributed by atoms with Crippen molar-refractivity contribution in [3.63, 3.8) is 0 Å². The van der Waals surface area contributed by atoms with Crippen LogP contribution in [0.3, 0.4) is 0 Å². The molecule has 5 aliphatic rings. The number of anilines is 2. The van der Waals surface area contributed by atoms with E-state index >= 15 is 0 Å². The molecule has 5 aliphatic heterocycles. The van der Waals surface area contributed by atoms with E-state index in [1.807, 2.05) is 35.5 Å². The number of quaternary nitrogens is 1. The summed E-state index contributed by atoms with van der Waals surface area (Å²) in [6.45, 7) is 6.10. The number of phenols is 2. The fraction of sp³-hybridized carbons (Fsp3) is 0.526. The summed E-state index contributed by atoms with van der Waals surface area (Å²) in [5.74, 6) is 2.23. The van der Waals surface area contributed by atoms with Crippen LogP contribution in [-0.4, -0.2) is 65.1 Å². The van der Waals surface area contributed by atoms with Crippen LogP contribution in [0.2, 0.25) is 0 Å². The summed E-state index contributed by atoms with van der Waals surface area (Å²) in [5.41, 5.74) is 8.34. The average molecular weight is 680 g/mol. The number of hydrogen-bond donors (Lipinski definition) is 3. The van der Waals surface area contributed by atoms with Crippen molar-refractivity contribution in [2.45, 2.75) is 83.6 Å². The summed E-state index contributed by atoms with van der Waals surface area (Å²) < 4.78 is 6.17. The molecule has 1 aromatic heterocycles. The second-order valence-electron chi connectivity index (χ2n) is 14.6. The Morgan fingerprint density at radius 2 is 1.30 bits per heavy atom. The molecule has 0 saturated carbocycles. The Balaban J connectivity index is 0.851. The quantitative estimate of drug-likeness (QED) is 0.154. The molecule has 8 rings (SSSR count). The van der Waals surface area contributed by atoms with E-state index in [0.717, 1.165) is 139 Å². The normalized spacial score (nSPS) is 19.7. The van der Waals surface area contributed by atoms with E-state index in [9.17, 15) is 10.2 Å². The zero-order chi connectivity index (χ0) is 34.2. The van der Waals surface area contributed by atoms with Crippen LogP contribution in [0.5, 0.6) is 11.5 Å². The molecule has 12 heteroatoms. The lowest BCUT2D eigenvalue weighted by molar-refractivity contribution is -0.760. The highest BCUT2D eigenvalue weighted by Crippen LogP contribution is 2.46. The van der Waals surface area contributed by atoms with Gasteiger partial charge in [0.25, 0.3) is 0 Å². The van der Waals surface area contributed by atoms with Crippen molar-refractivity contribution in [3.8, 4) is 11.5 Å². The number of aromatic hydroxyl groups is 2. The molecule has 12 nitrogen and oxygen atoms in total. The molecule has 0 amide bonds. The van der Waals surface area contributed by atoms with E-state index in [-0.39, 0.29) is 0 Å². The Bertz CT molecular complexity index is 1900. The van der Waals surface area contributed by atoms with Crippen molar-refractivity contribution in [2.24, 2.45) is 27.5 Å². The molecule has 6 heterocycles. The first-order valence-corrected chi connectivity index (χ1v) is 18.7. The highest BCUT2D eigenvalue weighted by Gasteiger charge is 2.33. The van der Waals surface area contributed by atoms with E-state index in [1.165, 1.54) is 27.4 Å². The second kappa shape index (κ2) is 14.0. The number of aryl methyl sites for hydroxylation is 4. The van der Waals surface area contributed by atoms with Crippen LogP contribution in [0.25, 0.3) is 0 Å². The first kappa shape index (κ1) is 32.6. The minimum Gasteiger partial charge on any atom is -0.505 e. The maximum atomic E-state index is 11.1. The second-order valence-corrected chi connectivity index (χ2v) is 14.6. The van der Waals surface area contributed by atoms with Gasteiger partial charge >= 0.3 is 11.9 Å². The number of phenolic OH excluding ortho intramolecular Hbond substituents is 2. The molecular weight excluding hydrogens is 628 g/mol. The number of hydrogen-bond acceptors (Lipinski definition) is 8. The third-order valence-electron chi connectivity index (χ3n) is 11.2. The van der Waals surface area contributed by atoms with Crippen molar-refractivity contribution in [3.05, 3.63) is 59.2 Å². The van der Waals surface area contributed by atoms with E-state index in [2.05, 4.69) is 59.5 Å². The third kappa shape index (κ3) is 6.18. The minimum atomic E-state index is 0.292. The molecule has 0 aliphatic carbocycles. The van der Waals surface area contributed by atoms with Gasteiger partial charge in [-0.05, 0) is 99.0 Å². The summed E-state index contributed by atoms with van der Waals surface area (Å²) >= 11 is 0. The van der Waals surface area contributed by atoms with E-state index in [1.54, 1.807) is 0 Å². The number of benzene rings is 2. The molecule has 3 aromatic rings. The number of rotatable bonds is 10. The van der Waals surface area contributed by atoms with E-state index in [4.69, 9.17) is 0 Å². The van der Waals surface area contributed by atoms with E-state index < -0.39 is 0 Å². The minimum absolute atomic E-state index is 0.292. The summed E-state index contributed by atoms with van der Waals surface area (Å²) in [7, 11) is 4.00. The Kier molecular flexibility index (Phi) is 9.11. The molecule has 0 bridgehead atoms. The summed E-state index contributed by atoms with van der Waals surface area (Å²) in [5, 5.41) is 40.8. The van der Waals surface area contributed by atoms with Gasteiger partial charge in [0.1, 0.15) is 29.0 Å². The van der Waals surface area contributed by atoms with Gasteiger partial charge in [-0.2, -0.15) is 9.48 Å². The van der Waals surface area contributed by atoms with E-state index in [0.29, 0.717) is 22.9 Å². The van der Waals surface area contributed by atoms with Crippen LogP contribution in [0.4, 0.5) is 28.7 Å². The number of aromatic nitrogens is 2. The van der Waals surface area contributed by atoms with Crippen LogP contribution in [0, 0.1) is 0 Å². The summed E-state index contributed by atoms with van der Waals surface area (Å²) in [4.78, 5) is 6.05. The fourth-order valence-electron chi connectivity index (χ4n) is 8.68. The molecule has 0 fully saturated rings. The summed E-state index contributed by atoms with van der Waals surface area (Å²) in [6.07, 6.45) is 20.9. The smallest absolute Gasteiger partial charge is 0.505 e. The number of azo groups is 2.